The average molecular weight is 220 g/mol. The van der Waals surface area contributed by atoms with E-state index in [9.17, 15) is 4.79 Å². The average Bonchev–Trinajstić information content (AvgIpc) is 2.08. The number of hydrogen-bond acceptors (Lipinski definition) is 3. The minimum Gasteiger partial charge on any atom is -0.506 e. The van der Waals surface area contributed by atoms with E-state index in [0.717, 1.165) is 0 Å². The number of carbonyl (C=O) groups excluding carboxylic acids is 1. The molecule has 0 aromatic heterocycles. The molecule has 0 heterocycles. The van der Waals surface area contributed by atoms with Crippen LogP contribution in [0.2, 0.25) is 5.02 Å². The van der Waals surface area contributed by atoms with Crippen molar-refractivity contribution in [3.63, 3.8) is 0 Å². The second-order valence-corrected chi connectivity index (χ2v) is 3.27. The van der Waals surface area contributed by atoms with Crippen molar-refractivity contribution in [2.45, 2.75) is 6.04 Å². The Morgan fingerprint density at radius 1 is 1.54 bits per heavy atom. The van der Waals surface area contributed by atoms with Crippen molar-refractivity contribution in [1.29, 1.82) is 0 Å². The fraction of sp³-hybridized carbons (Fsp3) is 0.125. The van der Waals surface area contributed by atoms with Gasteiger partial charge in [-0.2, -0.15) is 0 Å². The Labute approximate surface area is 85.1 Å². The lowest BCUT2D eigenvalue weighted by atomic mass is 10.1. The molecular weight excluding hydrogens is 213 g/mol. The Kier molecular flexibility index (Phi) is 3.14. The van der Waals surface area contributed by atoms with Crippen LogP contribution in [0.3, 0.4) is 0 Å². The summed E-state index contributed by atoms with van der Waals surface area (Å²) in [6.45, 7) is 0. The first-order valence-corrected chi connectivity index (χ1v) is 4.21. The lowest BCUT2D eigenvalue weighted by Gasteiger charge is -2.07. The van der Waals surface area contributed by atoms with Gasteiger partial charge >= 0.3 is 0 Å². The molecule has 70 valence electrons. The number of halogens is 2. The number of nitrogens with two attached hydrogens (primary N) is 1. The molecule has 0 fully saturated rings. The molecule has 0 aliphatic carbocycles. The molecule has 0 amide bonds. The van der Waals surface area contributed by atoms with E-state index in [4.69, 9.17) is 34.0 Å². The van der Waals surface area contributed by atoms with Gasteiger partial charge in [0, 0.05) is 0 Å². The highest BCUT2D eigenvalue weighted by atomic mass is 35.5. The third kappa shape index (κ3) is 2.34. The molecule has 1 aromatic carbocycles. The minimum absolute atomic E-state index is 0.0559. The number of benzene rings is 1. The fourth-order valence-electron chi connectivity index (χ4n) is 0.848. The van der Waals surface area contributed by atoms with E-state index >= 15 is 0 Å². The van der Waals surface area contributed by atoms with Gasteiger partial charge in [0.25, 0.3) is 0 Å². The molecule has 0 radical (unpaired) electrons. The molecule has 0 aliphatic heterocycles. The molecule has 0 spiro atoms. The Bertz CT molecular complexity index is 341. The third-order valence-corrected chi connectivity index (χ3v) is 2.11. The van der Waals surface area contributed by atoms with Crippen LogP contribution in [-0.4, -0.2) is 10.3 Å². The van der Waals surface area contributed by atoms with Crippen molar-refractivity contribution in [2.24, 2.45) is 5.73 Å². The van der Waals surface area contributed by atoms with Crippen molar-refractivity contribution in [3.8, 4) is 5.75 Å². The van der Waals surface area contributed by atoms with Crippen LogP contribution in [0.4, 0.5) is 0 Å². The molecule has 5 heteroatoms. The highest BCUT2D eigenvalue weighted by Crippen LogP contribution is 2.26. The van der Waals surface area contributed by atoms with E-state index in [2.05, 4.69) is 0 Å². The standard InChI is InChI=1S/C8H7Cl2NO2/c9-5-3-4(1-2-6(5)12)7(11)8(10)13/h1-3,7,12H,11H2/t7-/m1/s1. The summed E-state index contributed by atoms with van der Waals surface area (Å²) in [5.74, 6) is -0.0559. The Morgan fingerprint density at radius 2 is 2.15 bits per heavy atom. The number of phenolic OH excluding ortho intramolecular Hbond substituents is 1. The number of phenols is 1. The molecule has 0 saturated carbocycles. The zero-order chi connectivity index (χ0) is 10.0. The maximum atomic E-state index is 10.7. The van der Waals surface area contributed by atoms with E-state index in [1.807, 2.05) is 0 Å². The zero-order valence-corrected chi connectivity index (χ0v) is 8.01. The molecule has 3 N–H and O–H groups in total. The second-order valence-electron chi connectivity index (χ2n) is 2.49. The summed E-state index contributed by atoms with van der Waals surface area (Å²) in [6.07, 6.45) is 0. The van der Waals surface area contributed by atoms with Crippen LogP contribution >= 0.6 is 23.2 Å². The van der Waals surface area contributed by atoms with Crippen molar-refractivity contribution >= 4 is 28.4 Å². The van der Waals surface area contributed by atoms with E-state index in [-0.39, 0.29) is 10.8 Å². The quantitative estimate of drug-likeness (QED) is 0.747. The third-order valence-electron chi connectivity index (χ3n) is 1.58. The number of rotatable bonds is 2. The molecule has 0 aliphatic rings. The van der Waals surface area contributed by atoms with Gasteiger partial charge in [-0.1, -0.05) is 17.7 Å². The fourth-order valence-corrected chi connectivity index (χ4v) is 1.16. The van der Waals surface area contributed by atoms with Crippen molar-refractivity contribution in [1.82, 2.24) is 0 Å². The van der Waals surface area contributed by atoms with Crippen molar-refractivity contribution in [3.05, 3.63) is 28.8 Å². The predicted octanol–water partition coefficient (Wildman–Crippen LogP) is 1.81. The van der Waals surface area contributed by atoms with Gasteiger partial charge in [-0.3, -0.25) is 4.79 Å². The maximum absolute atomic E-state index is 10.7. The molecule has 1 rings (SSSR count). The Balaban J connectivity index is 3.03. The lowest BCUT2D eigenvalue weighted by molar-refractivity contribution is -0.112. The van der Waals surface area contributed by atoms with Crippen LogP contribution in [0.1, 0.15) is 11.6 Å². The van der Waals surface area contributed by atoms with Gasteiger partial charge in [-0.25, -0.2) is 0 Å². The maximum Gasteiger partial charge on any atom is 0.242 e. The summed E-state index contributed by atoms with van der Waals surface area (Å²) in [7, 11) is 0. The number of carbonyl (C=O) groups is 1. The summed E-state index contributed by atoms with van der Waals surface area (Å²) >= 11 is 10.8. The van der Waals surface area contributed by atoms with Crippen LogP contribution in [0, 0.1) is 0 Å². The first kappa shape index (κ1) is 10.3. The summed E-state index contributed by atoms with van der Waals surface area (Å²) in [5, 5.41) is 8.55. The molecule has 13 heavy (non-hydrogen) atoms. The van der Waals surface area contributed by atoms with Gasteiger partial charge in [0.05, 0.1) is 5.02 Å². The Hall–Kier alpha value is -0.770. The number of aromatic hydroxyl groups is 1. The van der Waals surface area contributed by atoms with Gasteiger partial charge in [0.1, 0.15) is 11.8 Å². The molecule has 0 unspecified atom stereocenters. The van der Waals surface area contributed by atoms with Gasteiger partial charge in [0.2, 0.25) is 5.24 Å². The van der Waals surface area contributed by atoms with Gasteiger partial charge < -0.3 is 10.8 Å². The van der Waals surface area contributed by atoms with Crippen LogP contribution in [-0.2, 0) is 4.79 Å². The number of hydrogen-bond donors (Lipinski definition) is 2. The molecule has 3 nitrogen and oxygen atoms in total. The smallest absolute Gasteiger partial charge is 0.242 e. The zero-order valence-electron chi connectivity index (χ0n) is 6.50. The van der Waals surface area contributed by atoms with Crippen LogP contribution in [0.25, 0.3) is 0 Å². The molecule has 0 bridgehead atoms. The summed E-state index contributed by atoms with van der Waals surface area (Å²) in [5.41, 5.74) is 5.91. The Morgan fingerprint density at radius 3 is 2.62 bits per heavy atom. The van der Waals surface area contributed by atoms with Crippen molar-refractivity contribution in [2.75, 3.05) is 0 Å². The van der Waals surface area contributed by atoms with E-state index in [1.165, 1.54) is 18.2 Å². The molecule has 0 saturated heterocycles. The monoisotopic (exact) mass is 219 g/mol. The first-order valence-electron chi connectivity index (χ1n) is 3.45. The predicted molar refractivity (Wildman–Crippen MR) is 50.9 cm³/mol. The SMILES string of the molecule is N[C@@H](C(=O)Cl)c1ccc(O)c(Cl)c1. The lowest BCUT2D eigenvalue weighted by Crippen LogP contribution is -2.16. The topological polar surface area (TPSA) is 63.3 Å². The summed E-state index contributed by atoms with van der Waals surface area (Å²) in [6, 6.07) is 3.35. The van der Waals surface area contributed by atoms with Crippen molar-refractivity contribution < 1.29 is 9.90 Å². The molecule has 1 atom stereocenters. The first-order chi connectivity index (χ1) is 6.02. The highest BCUT2D eigenvalue weighted by Gasteiger charge is 2.14. The van der Waals surface area contributed by atoms with Gasteiger partial charge in [-0.05, 0) is 29.3 Å². The second kappa shape index (κ2) is 3.96. The highest BCUT2D eigenvalue weighted by molar-refractivity contribution is 6.64. The van der Waals surface area contributed by atoms with Gasteiger partial charge in [0.15, 0.2) is 0 Å². The van der Waals surface area contributed by atoms with E-state index < -0.39 is 11.3 Å². The molecular formula is C8H7Cl2NO2. The van der Waals surface area contributed by atoms with E-state index in [1.54, 1.807) is 0 Å². The van der Waals surface area contributed by atoms with E-state index in [0.29, 0.717) is 5.56 Å². The summed E-state index contributed by atoms with van der Waals surface area (Å²) < 4.78 is 0. The van der Waals surface area contributed by atoms with Gasteiger partial charge in [-0.15, -0.1) is 0 Å². The van der Waals surface area contributed by atoms with Crippen LogP contribution in [0.5, 0.6) is 5.75 Å². The van der Waals surface area contributed by atoms with Crippen LogP contribution in [0.15, 0.2) is 18.2 Å². The summed E-state index contributed by atoms with van der Waals surface area (Å²) in [4.78, 5) is 10.7. The van der Waals surface area contributed by atoms with Crippen LogP contribution < -0.4 is 5.73 Å². The largest absolute Gasteiger partial charge is 0.506 e. The molecule has 1 aromatic rings. The normalized spacial score (nSPS) is 12.5. The minimum atomic E-state index is -0.903.